The lowest BCUT2D eigenvalue weighted by Gasteiger charge is -2.34. The zero-order chi connectivity index (χ0) is 13.7. The zero-order valence-electron chi connectivity index (χ0n) is 13.1. The minimum atomic E-state index is 0.395. The van der Waals surface area contributed by atoms with Crippen molar-refractivity contribution in [3.05, 3.63) is 0 Å². The van der Waals surface area contributed by atoms with Crippen molar-refractivity contribution >= 4 is 0 Å². The first-order valence-corrected chi connectivity index (χ1v) is 8.20. The van der Waals surface area contributed by atoms with Crippen molar-refractivity contribution in [3.8, 4) is 0 Å². The molecule has 2 aliphatic rings. The summed E-state index contributed by atoms with van der Waals surface area (Å²) < 4.78 is 5.93. The van der Waals surface area contributed by atoms with E-state index in [1.807, 2.05) is 0 Å². The maximum Gasteiger partial charge on any atom is 0.0578 e. The molecule has 3 nitrogen and oxygen atoms in total. The SMILES string of the molecule is CC(C)OC1CCC(CCN2CCN(C)CC2)CC1. The van der Waals surface area contributed by atoms with E-state index in [-0.39, 0.29) is 0 Å². The summed E-state index contributed by atoms with van der Waals surface area (Å²) in [6, 6.07) is 0. The number of hydrogen-bond acceptors (Lipinski definition) is 3. The fourth-order valence-electron chi connectivity index (χ4n) is 3.38. The van der Waals surface area contributed by atoms with Gasteiger partial charge in [-0.15, -0.1) is 0 Å². The lowest BCUT2D eigenvalue weighted by Crippen LogP contribution is -2.45. The standard InChI is InChI=1S/C16H32N2O/c1-14(2)19-16-6-4-15(5-7-16)8-9-18-12-10-17(3)11-13-18/h14-16H,4-13H2,1-3H3. The summed E-state index contributed by atoms with van der Waals surface area (Å²) in [6.07, 6.45) is 7.66. The van der Waals surface area contributed by atoms with Gasteiger partial charge in [-0.2, -0.15) is 0 Å². The van der Waals surface area contributed by atoms with E-state index < -0.39 is 0 Å². The van der Waals surface area contributed by atoms with Crippen LogP contribution in [0.15, 0.2) is 0 Å². The van der Waals surface area contributed by atoms with Crippen LogP contribution in [0.1, 0.15) is 46.0 Å². The Labute approximate surface area is 119 Å². The zero-order valence-corrected chi connectivity index (χ0v) is 13.1. The molecular formula is C16H32N2O. The van der Waals surface area contributed by atoms with E-state index in [9.17, 15) is 0 Å². The predicted octanol–water partition coefficient (Wildman–Crippen LogP) is 2.61. The number of hydrogen-bond donors (Lipinski definition) is 0. The van der Waals surface area contributed by atoms with E-state index in [4.69, 9.17) is 4.74 Å². The predicted molar refractivity (Wildman–Crippen MR) is 80.5 cm³/mol. The van der Waals surface area contributed by atoms with Gasteiger partial charge in [-0.25, -0.2) is 0 Å². The summed E-state index contributed by atoms with van der Waals surface area (Å²) in [5.74, 6) is 0.951. The number of rotatable bonds is 5. The Balaban J connectivity index is 1.58. The molecule has 0 atom stereocenters. The van der Waals surface area contributed by atoms with E-state index in [0.29, 0.717) is 12.2 Å². The number of ether oxygens (including phenoxy) is 1. The summed E-state index contributed by atoms with van der Waals surface area (Å²) in [5.41, 5.74) is 0. The fourth-order valence-corrected chi connectivity index (χ4v) is 3.38. The van der Waals surface area contributed by atoms with Gasteiger partial charge in [-0.05, 0) is 65.5 Å². The van der Waals surface area contributed by atoms with Gasteiger partial charge in [-0.1, -0.05) is 0 Å². The average Bonchev–Trinajstić information content (AvgIpc) is 2.39. The second kappa shape index (κ2) is 7.61. The summed E-state index contributed by atoms with van der Waals surface area (Å²) in [5, 5.41) is 0. The van der Waals surface area contributed by atoms with Gasteiger partial charge >= 0.3 is 0 Å². The van der Waals surface area contributed by atoms with Crippen molar-refractivity contribution in [2.45, 2.75) is 58.2 Å². The minimum Gasteiger partial charge on any atom is -0.376 e. The molecule has 112 valence electrons. The lowest BCUT2D eigenvalue weighted by molar-refractivity contribution is -0.0210. The van der Waals surface area contributed by atoms with Crippen LogP contribution >= 0.6 is 0 Å². The lowest BCUT2D eigenvalue weighted by atomic mass is 9.85. The van der Waals surface area contributed by atoms with E-state index in [2.05, 4.69) is 30.7 Å². The van der Waals surface area contributed by atoms with Gasteiger partial charge in [0.2, 0.25) is 0 Å². The van der Waals surface area contributed by atoms with Gasteiger partial charge < -0.3 is 14.5 Å². The average molecular weight is 268 g/mol. The maximum atomic E-state index is 5.93. The highest BCUT2D eigenvalue weighted by Crippen LogP contribution is 2.29. The molecule has 0 aromatic carbocycles. The highest BCUT2D eigenvalue weighted by molar-refractivity contribution is 4.76. The smallest absolute Gasteiger partial charge is 0.0578 e. The number of likely N-dealkylation sites (N-methyl/N-ethyl adjacent to an activating group) is 1. The molecule has 1 saturated heterocycles. The monoisotopic (exact) mass is 268 g/mol. The molecule has 19 heavy (non-hydrogen) atoms. The summed E-state index contributed by atoms with van der Waals surface area (Å²) in [6.45, 7) is 10.6. The summed E-state index contributed by atoms with van der Waals surface area (Å²) >= 11 is 0. The molecule has 0 N–H and O–H groups in total. The van der Waals surface area contributed by atoms with Crippen LogP contribution in [0.3, 0.4) is 0 Å². The van der Waals surface area contributed by atoms with E-state index in [1.54, 1.807) is 0 Å². The normalized spacial score (nSPS) is 30.9. The Morgan fingerprint density at radius 2 is 1.63 bits per heavy atom. The largest absolute Gasteiger partial charge is 0.376 e. The van der Waals surface area contributed by atoms with Crippen molar-refractivity contribution in [3.63, 3.8) is 0 Å². The van der Waals surface area contributed by atoms with Crippen molar-refractivity contribution < 1.29 is 4.74 Å². The molecule has 1 aliphatic heterocycles. The molecule has 1 saturated carbocycles. The van der Waals surface area contributed by atoms with Gasteiger partial charge in [-0.3, -0.25) is 0 Å². The third-order valence-electron chi connectivity index (χ3n) is 4.71. The fraction of sp³-hybridized carbons (Fsp3) is 1.00. The Morgan fingerprint density at radius 1 is 1.00 bits per heavy atom. The molecule has 0 aromatic heterocycles. The molecule has 0 spiro atoms. The molecule has 2 fully saturated rings. The van der Waals surface area contributed by atoms with Gasteiger partial charge in [0.15, 0.2) is 0 Å². The van der Waals surface area contributed by atoms with Crippen molar-refractivity contribution in [1.29, 1.82) is 0 Å². The Kier molecular flexibility index (Phi) is 6.11. The van der Waals surface area contributed by atoms with Crippen molar-refractivity contribution in [1.82, 2.24) is 9.80 Å². The second-order valence-corrected chi connectivity index (χ2v) is 6.76. The molecule has 1 heterocycles. The number of nitrogens with zero attached hydrogens (tertiary/aromatic N) is 2. The van der Waals surface area contributed by atoms with E-state index in [0.717, 1.165) is 5.92 Å². The Hall–Kier alpha value is -0.120. The van der Waals surface area contributed by atoms with Crippen LogP contribution in [0.5, 0.6) is 0 Å². The van der Waals surface area contributed by atoms with Crippen LogP contribution in [0.2, 0.25) is 0 Å². The Bertz CT molecular complexity index is 241. The molecule has 0 amide bonds. The Morgan fingerprint density at radius 3 is 2.21 bits per heavy atom. The van der Waals surface area contributed by atoms with Crippen molar-refractivity contribution in [2.75, 3.05) is 39.8 Å². The van der Waals surface area contributed by atoms with E-state index in [1.165, 1.54) is 64.8 Å². The van der Waals surface area contributed by atoms with Gasteiger partial charge in [0, 0.05) is 26.2 Å². The third-order valence-corrected chi connectivity index (χ3v) is 4.71. The van der Waals surface area contributed by atoms with E-state index >= 15 is 0 Å². The third kappa shape index (κ3) is 5.41. The molecule has 2 rings (SSSR count). The second-order valence-electron chi connectivity index (χ2n) is 6.76. The molecular weight excluding hydrogens is 236 g/mol. The molecule has 0 bridgehead atoms. The summed E-state index contributed by atoms with van der Waals surface area (Å²) in [7, 11) is 2.23. The van der Waals surface area contributed by atoms with Crippen molar-refractivity contribution in [2.24, 2.45) is 5.92 Å². The molecule has 0 unspecified atom stereocenters. The van der Waals surface area contributed by atoms with Crippen LogP contribution in [0.4, 0.5) is 0 Å². The summed E-state index contributed by atoms with van der Waals surface area (Å²) in [4.78, 5) is 5.08. The van der Waals surface area contributed by atoms with Crippen LogP contribution in [-0.2, 0) is 4.74 Å². The van der Waals surface area contributed by atoms with Gasteiger partial charge in [0.05, 0.1) is 12.2 Å². The minimum absolute atomic E-state index is 0.395. The molecule has 0 aromatic rings. The topological polar surface area (TPSA) is 15.7 Å². The van der Waals surface area contributed by atoms with Crippen LogP contribution < -0.4 is 0 Å². The highest BCUT2D eigenvalue weighted by atomic mass is 16.5. The molecule has 1 aliphatic carbocycles. The molecule has 0 radical (unpaired) electrons. The first-order chi connectivity index (χ1) is 9.13. The van der Waals surface area contributed by atoms with Gasteiger partial charge in [0.25, 0.3) is 0 Å². The molecule has 3 heteroatoms. The van der Waals surface area contributed by atoms with Crippen LogP contribution in [-0.4, -0.2) is 61.8 Å². The van der Waals surface area contributed by atoms with Crippen LogP contribution in [0.25, 0.3) is 0 Å². The van der Waals surface area contributed by atoms with Crippen LogP contribution in [0, 0.1) is 5.92 Å². The number of piperazine rings is 1. The first kappa shape index (κ1) is 15.3. The highest BCUT2D eigenvalue weighted by Gasteiger charge is 2.23. The first-order valence-electron chi connectivity index (χ1n) is 8.20. The van der Waals surface area contributed by atoms with Gasteiger partial charge in [0.1, 0.15) is 0 Å². The maximum absolute atomic E-state index is 5.93. The quantitative estimate of drug-likeness (QED) is 0.762.